The Hall–Kier alpha value is -6.27. The number of methoxy groups -OCH3 is 1. The smallest absolute Gasteiger partial charge is 0.411 e. The number of halogens is 1. The first-order valence-electron chi connectivity index (χ1n) is 21.1. The third kappa shape index (κ3) is 11.6. The number of fused-ring (bicyclic) bond motifs is 1. The van der Waals surface area contributed by atoms with Crippen LogP contribution < -0.4 is 31.1 Å². The van der Waals surface area contributed by atoms with E-state index in [1.165, 1.54) is 12.1 Å². The lowest BCUT2D eigenvalue weighted by Gasteiger charge is -2.31. The van der Waals surface area contributed by atoms with Crippen molar-refractivity contribution < 1.29 is 34.1 Å². The topological polar surface area (TPSA) is 186 Å². The molecule has 1 aliphatic heterocycles. The number of aromatic nitrogens is 1. The highest BCUT2D eigenvalue weighted by atomic mass is 127. The molecule has 0 bridgehead atoms. The maximum atomic E-state index is 13.3. The van der Waals surface area contributed by atoms with Gasteiger partial charge in [0, 0.05) is 84.1 Å². The molecule has 64 heavy (non-hydrogen) atoms. The van der Waals surface area contributed by atoms with Crippen LogP contribution in [0.15, 0.2) is 120 Å². The van der Waals surface area contributed by atoms with E-state index in [1.807, 2.05) is 84.9 Å². The van der Waals surface area contributed by atoms with Gasteiger partial charge in [-0.05, 0) is 88.5 Å². The number of carbonyl (C=O) groups is 3. The predicted molar refractivity (Wildman–Crippen MR) is 257 cm³/mol. The van der Waals surface area contributed by atoms with Crippen molar-refractivity contribution in [3.8, 4) is 22.6 Å². The first kappa shape index (κ1) is 45.7. The molecule has 332 valence electrons. The second-order valence-electron chi connectivity index (χ2n) is 15.7. The van der Waals surface area contributed by atoms with Crippen molar-refractivity contribution in [2.45, 2.75) is 44.4 Å². The summed E-state index contributed by atoms with van der Waals surface area (Å²) in [6.45, 7) is 2.53. The van der Waals surface area contributed by atoms with Gasteiger partial charge in [0.25, 0.3) is 0 Å². The molecular weight excluding hydrogens is 927 g/mol. The number of phenolic OH excluding ortho intramolecular Hbond substituents is 1. The van der Waals surface area contributed by atoms with E-state index in [-0.39, 0.29) is 47.7 Å². The number of nitrogens with zero attached hydrogens (tertiary/aromatic N) is 2. The van der Waals surface area contributed by atoms with Gasteiger partial charge in [-0.25, -0.2) is 4.79 Å². The fourth-order valence-corrected chi connectivity index (χ4v) is 8.51. The summed E-state index contributed by atoms with van der Waals surface area (Å²) in [7, 11) is 3.29. The third-order valence-corrected chi connectivity index (χ3v) is 12.2. The normalized spacial score (nSPS) is 13.6. The van der Waals surface area contributed by atoms with Gasteiger partial charge >= 0.3 is 6.09 Å². The molecule has 0 unspecified atom stereocenters. The highest BCUT2D eigenvalue weighted by Gasteiger charge is 2.24. The van der Waals surface area contributed by atoms with Gasteiger partial charge in [0.15, 0.2) is 0 Å². The maximum absolute atomic E-state index is 13.3. The Morgan fingerprint density at radius 1 is 0.906 bits per heavy atom. The quantitative estimate of drug-likeness (QED) is 0.0529. The number of nitrogens with one attached hydrogen (secondary N) is 4. The Morgan fingerprint density at radius 3 is 2.45 bits per heavy atom. The van der Waals surface area contributed by atoms with Crippen molar-refractivity contribution in [2.24, 2.45) is 0 Å². The van der Waals surface area contributed by atoms with E-state index >= 15 is 0 Å². The highest BCUT2D eigenvalue weighted by Crippen LogP contribution is 2.32. The number of piperidine rings is 1. The molecule has 2 heterocycles. The minimum absolute atomic E-state index is 0.0476. The number of carbonyl (C=O) groups excluding carboxylic acids is 3. The molecule has 0 radical (unpaired) electrons. The van der Waals surface area contributed by atoms with Crippen LogP contribution in [0, 0.1) is 3.57 Å². The third-order valence-electron chi connectivity index (χ3n) is 11.3. The van der Waals surface area contributed by atoms with Crippen LogP contribution in [0.2, 0.25) is 0 Å². The van der Waals surface area contributed by atoms with Gasteiger partial charge in [0.2, 0.25) is 17.4 Å². The molecule has 14 nitrogen and oxygen atoms in total. The number of ether oxygens (including phenoxy) is 2. The molecule has 0 saturated carbocycles. The second-order valence-corrected chi connectivity index (χ2v) is 16.8. The average molecular weight is 979 g/mol. The van der Waals surface area contributed by atoms with Gasteiger partial charge in [0.05, 0.1) is 36.5 Å². The number of aromatic hydroxyl groups is 1. The van der Waals surface area contributed by atoms with Gasteiger partial charge in [-0.15, -0.1) is 0 Å². The zero-order valence-corrected chi connectivity index (χ0v) is 37.8. The summed E-state index contributed by atoms with van der Waals surface area (Å²) >= 11 is 2.16. The van der Waals surface area contributed by atoms with E-state index in [4.69, 9.17) is 9.47 Å². The van der Waals surface area contributed by atoms with E-state index in [1.54, 1.807) is 37.3 Å². The SMILES string of the molecule is COc1cc(NC(=O)Cc2cccc(N(C)C(=O)CCN3CCC(OC(=O)Nc4ccccc4-c4ccccc4)CC3)c2)c(I)cc1CNC[C@H](O)c1ccc(O)c2[nH]c(=O)ccc12. The molecule has 1 fully saturated rings. The summed E-state index contributed by atoms with van der Waals surface area (Å²) in [6.07, 6.45) is 0.127. The van der Waals surface area contributed by atoms with Crippen LogP contribution in [0.4, 0.5) is 21.9 Å². The Morgan fingerprint density at radius 2 is 1.67 bits per heavy atom. The minimum atomic E-state index is -0.928. The van der Waals surface area contributed by atoms with Gasteiger partial charge in [0.1, 0.15) is 17.6 Å². The Balaban J connectivity index is 0.851. The number of hydrogen-bond acceptors (Lipinski definition) is 10. The molecule has 1 atom stereocenters. The molecule has 15 heteroatoms. The van der Waals surface area contributed by atoms with Crippen LogP contribution in [-0.4, -0.2) is 84.4 Å². The van der Waals surface area contributed by atoms with E-state index in [0.29, 0.717) is 79.2 Å². The number of para-hydroxylation sites is 1. The number of benzene rings is 5. The lowest BCUT2D eigenvalue weighted by molar-refractivity contribution is -0.118. The monoisotopic (exact) mass is 978 g/mol. The van der Waals surface area contributed by atoms with Crippen molar-refractivity contribution in [3.63, 3.8) is 0 Å². The van der Waals surface area contributed by atoms with Crippen molar-refractivity contribution >= 4 is 68.5 Å². The maximum Gasteiger partial charge on any atom is 0.411 e. The highest BCUT2D eigenvalue weighted by molar-refractivity contribution is 14.1. The number of H-pyrrole nitrogens is 1. The van der Waals surface area contributed by atoms with Crippen LogP contribution in [0.3, 0.4) is 0 Å². The molecule has 0 aliphatic carbocycles. The second kappa shape index (κ2) is 21.4. The number of anilines is 3. The largest absolute Gasteiger partial charge is 0.506 e. The van der Waals surface area contributed by atoms with Gasteiger partial charge in [-0.1, -0.05) is 66.7 Å². The molecule has 1 aliphatic rings. The van der Waals surface area contributed by atoms with Gasteiger partial charge < -0.3 is 45.1 Å². The number of hydrogen-bond donors (Lipinski definition) is 6. The van der Waals surface area contributed by atoms with Crippen molar-refractivity contribution in [2.75, 3.05) is 55.9 Å². The average Bonchev–Trinajstić information content (AvgIpc) is 3.30. The number of pyridine rings is 1. The summed E-state index contributed by atoms with van der Waals surface area (Å²) in [5.74, 6) is 0.193. The molecule has 1 aromatic heterocycles. The first-order chi connectivity index (χ1) is 30.9. The molecule has 6 aromatic rings. The number of aliphatic hydroxyl groups is 1. The Labute approximate surface area is 384 Å². The molecular formula is C49H51IN6O8. The van der Waals surface area contributed by atoms with E-state index in [0.717, 1.165) is 25.8 Å². The van der Waals surface area contributed by atoms with E-state index < -0.39 is 12.2 Å². The number of aromatic amines is 1. The van der Waals surface area contributed by atoms with E-state index in [9.17, 15) is 29.4 Å². The van der Waals surface area contributed by atoms with Crippen LogP contribution in [0.25, 0.3) is 22.0 Å². The number of phenols is 1. The van der Waals surface area contributed by atoms with Gasteiger partial charge in [-0.3, -0.25) is 19.7 Å². The Kier molecular flexibility index (Phi) is 15.3. The predicted octanol–water partition coefficient (Wildman–Crippen LogP) is 7.58. The Bertz CT molecular complexity index is 2670. The molecule has 3 amide bonds. The standard InChI is InChI=1S/C49H51IN6O8/c1-55(47(61)21-24-56-22-19-35(20-23-56)64-49(62)53-40-14-7-6-13-36(40)32-10-4-3-5-11-32)34-12-8-9-31(25-34)26-46(60)52-41-28-44(63-2)33(27-39(41)50)29-51-30-43(58)37-15-17-42(57)48-38(37)16-18-45(59)54-48/h3-18,25,27-28,35,43,51,57-58H,19-24,26,29-30H2,1-2H3,(H,52,60)(H,53,62)(H,54,59)/t43-/m0/s1. The fraction of sp³-hybridized carbons (Fsp3) is 0.265. The summed E-state index contributed by atoms with van der Waals surface area (Å²) in [6, 6.07) is 34.6. The van der Waals surface area contributed by atoms with Gasteiger partial charge in [-0.2, -0.15) is 0 Å². The summed E-state index contributed by atoms with van der Waals surface area (Å²) in [5.41, 5.74) is 5.93. The number of likely N-dealkylation sites (tertiary alicyclic amines) is 1. The fourth-order valence-electron chi connectivity index (χ4n) is 7.84. The van der Waals surface area contributed by atoms with E-state index in [2.05, 4.69) is 48.4 Å². The van der Waals surface area contributed by atoms with Crippen LogP contribution >= 0.6 is 22.6 Å². The molecule has 1 saturated heterocycles. The summed E-state index contributed by atoms with van der Waals surface area (Å²) in [5, 5.41) is 30.9. The first-order valence-corrected chi connectivity index (χ1v) is 22.1. The van der Waals surface area contributed by atoms with Crippen LogP contribution in [0.1, 0.15) is 42.1 Å². The number of amides is 3. The lowest BCUT2D eigenvalue weighted by atomic mass is 10.0. The molecule has 5 aromatic carbocycles. The van der Waals surface area contributed by atoms with Crippen molar-refractivity contribution in [3.05, 3.63) is 146 Å². The number of rotatable bonds is 16. The summed E-state index contributed by atoms with van der Waals surface area (Å²) < 4.78 is 12.2. The molecule has 7 rings (SSSR count). The minimum Gasteiger partial charge on any atom is -0.506 e. The lowest BCUT2D eigenvalue weighted by Crippen LogP contribution is -2.40. The van der Waals surface area contributed by atoms with Crippen molar-refractivity contribution in [1.82, 2.24) is 15.2 Å². The van der Waals surface area contributed by atoms with Crippen molar-refractivity contribution in [1.29, 1.82) is 0 Å². The number of aliphatic hydroxyl groups excluding tert-OH is 1. The zero-order valence-electron chi connectivity index (χ0n) is 35.6. The zero-order chi connectivity index (χ0) is 45.2. The van der Waals surface area contributed by atoms with Crippen LogP contribution in [-0.2, 0) is 27.3 Å². The molecule has 0 spiro atoms. The summed E-state index contributed by atoms with van der Waals surface area (Å²) in [4.78, 5) is 57.7. The van der Waals surface area contributed by atoms with Crippen LogP contribution in [0.5, 0.6) is 11.5 Å². The molecule has 6 N–H and O–H groups in total.